The summed E-state index contributed by atoms with van der Waals surface area (Å²) in [5.41, 5.74) is 7.33. The Kier molecular flexibility index (Phi) is 2.91. The number of aromatic amines is 1. The zero-order chi connectivity index (χ0) is 11.4. The van der Waals surface area contributed by atoms with E-state index in [-0.39, 0.29) is 6.61 Å². The van der Waals surface area contributed by atoms with Crippen molar-refractivity contribution in [3.05, 3.63) is 53.9 Å². The Morgan fingerprint density at radius 2 is 2.06 bits per heavy atom. The molecule has 2 rings (SSSR count). The molecule has 0 fully saturated rings. The normalized spacial score (nSPS) is 10.0. The lowest BCUT2D eigenvalue weighted by Crippen LogP contribution is -2.05. The predicted octanol–water partition coefficient (Wildman–Crippen LogP) is 1.95. The maximum absolute atomic E-state index is 11.5. The van der Waals surface area contributed by atoms with Crippen LogP contribution in [0.1, 0.15) is 16.1 Å². The first kappa shape index (κ1) is 10.3. The summed E-state index contributed by atoms with van der Waals surface area (Å²) in [6, 6.07) is 11.1. The maximum atomic E-state index is 11.5. The van der Waals surface area contributed by atoms with Gasteiger partial charge in [0.1, 0.15) is 12.3 Å². The largest absolute Gasteiger partial charge is 0.456 e. The van der Waals surface area contributed by atoms with Gasteiger partial charge in [-0.15, -0.1) is 0 Å². The van der Waals surface area contributed by atoms with Crippen LogP contribution in [0.2, 0.25) is 0 Å². The standard InChI is InChI=1S/C12H12N2O2/c13-10-6-11(14-7-10)12(15)16-8-9-4-2-1-3-5-9/h1-7,14H,8,13H2. The lowest BCUT2D eigenvalue weighted by Gasteiger charge is -2.02. The second-order valence-electron chi connectivity index (χ2n) is 3.41. The smallest absolute Gasteiger partial charge is 0.355 e. The molecule has 0 atom stereocenters. The van der Waals surface area contributed by atoms with Crippen LogP contribution < -0.4 is 5.73 Å². The fourth-order valence-corrected chi connectivity index (χ4v) is 1.33. The number of hydrogen-bond acceptors (Lipinski definition) is 3. The third kappa shape index (κ3) is 2.42. The Morgan fingerprint density at radius 3 is 2.69 bits per heavy atom. The summed E-state index contributed by atoms with van der Waals surface area (Å²) >= 11 is 0. The summed E-state index contributed by atoms with van der Waals surface area (Å²) in [6.45, 7) is 0.262. The Hall–Kier alpha value is -2.23. The van der Waals surface area contributed by atoms with Crippen LogP contribution in [0.3, 0.4) is 0 Å². The molecule has 0 amide bonds. The number of nitrogen functional groups attached to an aromatic ring is 1. The SMILES string of the molecule is Nc1c[nH]c(C(=O)OCc2ccccc2)c1. The number of esters is 1. The molecular weight excluding hydrogens is 204 g/mol. The summed E-state index contributed by atoms with van der Waals surface area (Å²) < 4.78 is 5.10. The second kappa shape index (κ2) is 4.53. The number of benzene rings is 1. The molecule has 16 heavy (non-hydrogen) atoms. The zero-order valence-corrected chi connectivity index (χ0v) is 8.64. The number of hydrogen-bond donors (Lipinski definition) is 2. The van der Waals surface area contributed by atoms with E-state index in [0.717, 1.165) is 5.56 Å². The van der Waals surface area contributed by atoms with E-state index in [1.807, 2.05) is 30.3 Å². The topological polar surface area (TPSA) is 68.1 Å². The number of carbonyl (C=O) groups is 1. The molecule has 0 saturated carbocycles. The van der Waals surface area contributed by atoms with Gasteiger partial charge in [0.25, 0.3) is 0 Å². The van der Waals surface area contributed by atoms with E-state index in [4.69, 9.17) is 10.5 Å². The van der Waals surface area contributed by atoms with Crippen LogP contribution in [0, 0.1) is 0 Å². The van der Waals surface area contributed by atoms with Gasteiger partial charge in [-0.25, -0.2) is 4.79 Å². The fourth-order valence-electron chi connectivity index (χ4n) is 1.33. The van der Waals surface area contributed by atoms with Gasteiger partial charge >= 0.3 is 5.97 Å². The van der Waals surface area contributed by atoms with Crippen molar-refractivity contribution in [1.29, 1.82) is 0 Å². The van der Waals surface area contributed by atoms with Crippen LogP contribution in [-0.4, -0.2) is 11.0 Å². The molecule has 4 heteroatoms. The molecule has 0 bridgehead atoms. The molecule has 0 spiro atoms. The van der Waals surface area contributed by atoms with Gasteiger partial charge in [-0.2, -0.15) is 0 Å². The Labute approximate surface area is 93.0 Å². The van der Waals surface area contributed by atoms with E-state index >= 15 is 0 Å². The van der Waals surface area contributed by atoms with E-state index in [1.54, 1.807) is 12.3 Å². The minimum absolute atomic E-state index is 0.262. The predicted molar refractivity (Wildman–Crippen MR) is 60.8 cm³/mol. The molecule has 0 aliphatic carbocycles. The van der Waals surface area contributed by atoms with Gasteiger partial charge in [0.2, 0.25) is 0 Å². The van der Waals surface area contributed by atoms with Crippen molar-refractivity contribution >= 4 is 11.7 Å². The Balaban J connectivity index is 1.94. The van der Waals surface area contributed by atoms with Crippen LogP contribution >= 0.6 is 0 Å². The number of carbonyl (C=O) groups excluding carboxylic acids is 1. The highest BCUT2D eigenvalue weighted by atomic mass is 16.5. The molecule has 0 aliphatic heterocycles. The van der Waals surface area contributed by atoms with Gasteiger partial charge in [0, 0.05) is 6.20 Å². The number of nitrogens with two attached hydrogens (primary N) is 1. The summed E-state index contributed by atoms with van der Waals surface area (Å²) in [5.74, 6) is -0.402. The van der Waals surface area contributed by atoms with Gasteiger partial charge in [-0.05, 0) is 11.6 Å². The number of H-pyrrole nitrogens is 1. The van der Waals surface area contributed by atoms with Crippen molar-refractivity contribution in [3.8, 4) is 0 Å². The number of anilines is 1. The van der Waals surface area contributed by atoms with Crippen molar-refractivity contribution in [1.82, 2.24) is 4.98 Å². The van der Waals surface area contributed by atoms with Crippen molar-refractivity contribution in [2.45, 2.75) is 6.61 Å². The fraction of sp³-hybridized carbons (Fsp3) is 0.0833. The van der Waals surface area contributed by atoms with Crippen molar-refractivity contribution in [3.63, 3.8) is 0 Å². The zero-order valence-electron chi connectivity index (χ0n) is 8.64. The summed E-state index contributed by atoms with van der Waals surface area (Å²) in [6.07, 6.45) is 1.55. The Bertz CT molecular complexity index is 477. The highest BCUT2D eigenvalue weighted by molar-refractivity contribution is 5.88. The van der Waals surface area contributed by atoms with Crippen molar-refractivity contribution < 1.29 is 9.53 Å². The highest BCUT2D eigenvalue weighted by Gasteiger charge is 2.08. The van der Waals surface area contributed by atoms with Gasteiger partial charge in [0.15, 0.2) is 0 Å². The van der Waals surface area contributed by atoms with E-state index in [9.17, 15) is 4.79 Å². The molecule has 2 aromatic rings. The quantitative estimate of drug-likeness (QED) is 0.770. The van der Waals surface area contributed by atoms with E-state index in [2.05, 4.69) is 4.98 Å². The van der Waals surface area contributed by atoms with Crippen molar-refractivity contribution in [2.24, 2.45) is 0 Å². The summed E-state index contributed by atoms with van der Waals surface area (Å²) in [4.78, 5) is 14.3. The number of ether oxygens (including phenoxy) is 1. The summed E-state index contributed by atoms with van der Waals surface area (Å²) in [5, 5.41) is 0. The molecule has 0 aliphatic rings. The van der Waals surface area contributed by atoms with E-state index < -0.39 is 5.97 Å². The molecule has 1 heterocycles. The van der Waals surface area contributed by atoms with Gasteiger partial charge in [-0.3, -0.25) is 0 Å². The lowest BCUT2D eigenvalue weighted by atomic mass is 10.2. The molecule has 3 N–H and O–H groups in total. The van der Waals surface area contributed by atoms with Crippen LogP contribution in [0.25, 0.3) is 0 Å². The monoisotopic (exact) mass is 216 g/mol. The third-order valence-corrected chi connectivity index (χ3v) is 2.14. The van der Waals surface area contributed by atoms with Gasteiger partial charge in [-0.1, -0.05) is 30.3 Å². The lowest BCUT2D eigenvalue weighted by molar-refractivity contribution is 0.0466. The molecule has 0 radical (unpaired) electrons. The first-order chi connectivity index (χ1) is 7.75. The van der Waals surface area contributed by atoms with Gasteiger partial charge < -0.3 is 15.5 Å². The first-order valence-electron chi connectivity index (χ1n) is 4.90. The minimum atomic E-state index is -0.402. The van der Waals surface area contributed by atoms with Crippen molar-refractivity contribution in [2.75, 3.05) is 5.73 Å². The summed E-state index contributed by atoms with van der Waals surface area (Å²) in [7, 11) is 0. The average Bonchev–Trinajstić information content (AvgIpc) is 2.74. The Morgan fingerprint density at radius 1 is 1.31 bits per heavy atom. The highest BCUT2D eigenvalue weighted by Crippen LogP contribution is 2.08. The van der Waals surface area contributed by atoms with Crippen LogP contribution in [0.4, 0.5) is 5.69 Å². The minimum Gasteiger partial charge on any atom is -0.456 e. The molecule has 4 nitrogen and oxygen atoms in total. The molecule has 0 saturated heterocycles. The van der Waals surface area contributed by atoms with Crippen LogP contribution in [0.5, 0.6) is 0 Å². The number of nitrogens with one attached hydrogen (secondary N) is 1. The average molecular weight is 216 g/mol. The molecular formula is C12H12N2O2. The molecule has 82 valence electrons. The van der Waals surface area contributed by atoms with Crippen LogP contribution in [-0.2, 0) is 11.3 Å². The molecule has 1 aromatic carbocycles. The second-order valence-corrected chi connectivity index (χ2v) is 3.41. The molecule has 0 unspecified atom stereocenters. The van der Waals surface area contributed by atoms with Crippen LogP contribution in [0.15, 0.2) is 42.6 Å². The van der Waals surface area contributed by atoms with E-state index in [0.29, 0.717) is 11.4 Å². The number of rotatable bonds is 3. The molecule has 1 aromatic heterocycles. The van der Waals surface area contributed by atoms with E-state index in [1.165, 1.54) is 0 Å². The first-order valence-corrected chi connectivity index (χ1v) is 4.90. The maximum Gasteiger partial charge on any atom is 0.355 e. The van der Waals surface area contributed by atoms with Gasteiger partial charge in [0.05, 0.1) is 5.69 Å². The third-order valence-electron chi connectivity index (χ3n) is 2.14. The number of aromatic nitrogens is 1.